The lowest BCUT2D eigenvalue weighted by atomic mass is 10.2. The summed E-state index contributed by atoms with van der Waals surface area (Å²) >= 11 is 6.05. The van der Waals surface area contributed by atoms with E-state index < -0.39 is 0 Å². The molecule has 6 heteroatoms. The van der Waals surface area contributed by atoms with Crippen LogP contribution in [0.4, 0.5) is 0 Å². The van der Waals surface area contributed by atoms with E-state index in [-0.39, 0.29) is 5.56 Å². The first-order valence-electron chi connectivity index (χ1n) is 6.18. The Morgan fingerprint density at radius 2 is 2.00 bits per heavy atom. The van der Waals surface area contributed by atoms with Crippen molar-refractivity contribution in [3.63, 3.8) is 0 Å². The monoisotopic (exact) mass is 299 g/mol. The second kappa shape index (κ2) is 5.76. The zero-order valence-electron chi connectivity index (χ0n) is 10.8. The zero-order valence-corrected chi connectivity index (χ0v) is 11.5. The number of nitrogens with zero attached hydrogens (tertiary/aromatic N) is 2. The van der Waals surface area contributed by atoms with Crippen LogP contribution in [-0.2, 0) is 0 Å². The highest BCUT2D eigenvalue weighted by Crippen LogP contribution is 2.18. The number of hydrogen-bond donors (Lipinski definition) is 1. The van der Waals surface area contributed by atoms with Gasteiger partial charge in [0.15, 0.2) is 0 Å². The van der Waals surface area contributed by atoms with E-state index >= 15 is 0 Å². The molecule has 1 aromatic carbocycles. The summed E-state index contributed by atoms with van der Waals surface area (Å²) in [5.74, 6) is 0.765. The molecule has 0 atom stereocenters. The van der Waals surface area contributed by atoms with Crippen LogP contribution in [0.1, 0.15) is 11.5 Å². The normalized spacial score (nSPS) is 11.1. The van der Waals surface area contributed by atoms with Crippen molar-refractivity contribution in [2.75, 3.05) is 0 Å². The van der Waals surface area contributed by atoms with Gasteiger partial charge in [0.2, 0.25) is 11.4 Å². The molecule has 0 aliphatic heterocycles. The molecule has 0 spiro atoms. The summed E-state index contributed by atoms with van der Waals surface area (Å²) in [6.07, 6.45) is 5.02. The summed E-state index contributed by atoms with van der Waals surface area (Å²) in [6.45, 7) is 0. The van der Waals surface area contributed by atoms with Crippen LogP contribution in [0.5, 0.6) is 0 Å². The van der Waals surface area contributed by atoms with Crippen LogP contribution in [-0.4, -0.2) is 15.1 Å². The number of pyridine rings is 1. The van der Waals surface area contributed by atoms with Gasteiger partial charge in [0.25, 0.3) is 5.89 Å². The number of aromatic nitrogens is 3. The summed E-state index contributed by atoms with van der Waals surface area (Å²) in [5.41, 5.74) is 1.36. The van der Waals surface area contributed by atoms with E-state index in [1.165, 1.54) is 12.3 Å². The first-order valence-corrected chi connectivity index (χ1v) is 6.55. The minimum atomic E-state index is -0.180. The lowest BCUT2D eigenvalue weighted by molar-refractivity contribution is 0.411. The van der Waals surface area contributed by atoms with Gasteiger partial charge in [-0.15, -0.1) is 0 Å². The molecule has 0 unspecified atom stereocenters. The van der Waals surface area contributed by atoms with Gasteiger partial charge in [-0.2, -0.15) is 4.98 Å². The van der Waals surface area contributed by atoms with Gasteiger partial charge in [-0.25, -0.2) is 0 Å². The van der Waals surface area contributed by atoms with E-state index in [0.29, 0.717) is 22.3 Å². The molecular weight excluding hydrogens is 290 g/mol. The minimum absolute atomic E-state index is 0.180. The second-order valence-corrected chi connectivity index (χ2v) is 4.66. The van der Waals surface area contributed by atoms with Gasteiger partial charge < -0.3 is 9.51 Å². The Morgan fingerprint density at radius 3 is 2.76 bits per heavy atom. The van der Waals surface area contributed by atoms with E-state index in [9.17, 15) is 4.79 Å². The number of aromatic amines is 1. The molecule has 0 saturated heterocycles. The smallest absolute Gasteiger partial charge is 0.250 e. The number of rotatable bonds is 3. The predicted octanol–water partition coefficient (Wildman–Crippen LogP) is 3.25. The molecule has 3 aromatic rings. The van der Waals surface area contributed by atoms with Crippen LogP contribution in [0.25, 0.3) is 23.5 Å². The average molecular weight is 300 g/mol. The largest absolute Gasteiger partial charge is 0.334 e. The maximum atomic E-state index is 11.0. The summed E-state index contributed by atoms with van der Waals surface area (Å²) in [7, 11) is 0. The molecule has 2 aromatic heterocycles. The predicted molar refractivity (Wildman–Crippen MR) is 80.7 cm³/mol. The second-order valence-electron chi connectivity index (χ2n) is 4.25. The van der Waals surface area contributed by atoms with Crippen molar-refractivity contribution >= 4 is 23.8 Å². The number of nitrogens with one attached hydrogen (secondary N) is 1. The van der Waals surface area contributed by atoms with Crippen molar-refractivity contribution in [1.29, 1.82) is 0 Å². The molecule has 21 heavy (non-hydrogen) atoms. The Morgan fingerprint density at radius 1 is 1.14 bits per heavy atom. The molecule has 3 rings (SSSR count). The summed E-state index contributed by atoms with van der Waals surface area (Å²) in [6, 6.07) is 10.5. The van der Waals surface area contributed by atoms with Gasteiger partial charge in [0.1, 0.15) is 0 Å². The third-order valence-corrected chi connectivity index (χ3v) is 3.14. The number of H-pyrrole nitrogens is 1. The molecule has 0 amide bonds. The highest BCUT2D eigenvalue weighted by Gasteiger charge is 2.06. The van der Waals surface area contributed by atoms with E-state index in [4.69, 9.17) is 16.1 Å². The molecular formula is C15H10ClN3O2. The lowest BCUT2D eigenvalue weighted by Crippen LogP contribution is -2.01. The van der Waals surface area contributed by atoms with E-state index in [0.717, 1.165) is 5.56 Å². The Kier molecular flexibility index (Phi) is 3.66. The third kappa shape index (κ3) is 3.09. The van der Waals surface area contributed by atoms with Crippen LogP contribution in [0, 0.1) is 0 Å². The van der Waals surface area contributed by atoms with Crippen molar-refractivity contribution in [2.24, 2.45) is 0 Å². The molecule has 0 bridgehead atoms. The number of hydrogen-bond acceptors (Lipinski definition) is 4. The number of benzene rings is 1. The van der Waals surface area contributed by atoms with Crippen LogP contribution < -0.4 is 5.56 Å². The highest BCUT2D eigenvalue weighted by molar-refractivity contribution is 6.32. The van der Waals surface area contributed by atoms with Crippen LogP contribution >= 0.6 is 11.6 Å². The molecule has 5 nitrogen and oxygen atoms in total. The van der Waals surface area contributed by atoms with Gasteiger partial charge in [0.05, 0.1) is 0 Å². The fraction of sp³-hybridized carbons (Fsp3) is 0. The zero-order chi connectivity index (χ0) is 14.7. The van der Waals surface area contributed by atoms with Crippen LogP contribution in [0.3, 0.4) is 0 Å². The Balaban J connectivity index is 1.84. The van der Waals surface area contributed by atoms with E-state index in [2.05, 4.69) is 15.1 Å². The van der Waals surface area contributed by atoms with Crippen molar-refractivity contribution in [1.82, 2.24) is 15.1 Å². The molecule has 1 N–H and O–H groups in total. The van der Waals surface area contributed by atoms with Gasteiger partial charge in [-0.1, -0.05) is 35.0 Å². The lowest BCUT2D eigenvalue weighted by Gasteiger charge is -1.94. The van der Waals surface area contributed by atoms with Gasteiger partial charge in [0, 0.05) is 28.9 Å². The average Bonchev–Trinajstić information content (AvgIpc) is 2.96. The number of halogens is 1. The highest BCUT2D eigenvalue weighted by atomic mass is 35.5. The fourth-order valence-corrected chi connectivity index (χ4v) is 1.94. The molecule has 2 heterocycles. The van der Waals surface area contributed by atoms with Crippen molar-refractivity contribution in [2.45, 2.75) is 0 Å². The standard InChI is InChI=1S/C15H10ClN3O2/c16-12-4-2-1-3-10(12)6-8-14-18-15(19-21-14)11-5-7-13(20)17-9-11/h1-9H,(H,17,20)/b8-6+. The molecule has 104 valence electrons. The Hall–Kier alpha value is -2.66. The van der Waals surface area contributed by atoms with Crippen molar-refractivity contribution < 1.29 is 4.52 Å². The first kappa shape index (κ1) is 13.3. The van der Waals surface area contributed by atoms with Crippen molar-refractivity contribution in [3.05, 3.63) is 69.4 Å². The first-order chi connectivity index (χ1) is 10.2. The maximum absolute atomic E-state index is 11.0. The molecule has 0 fully saturated rings. The topological polar surface area (TPSA) is 71.8 Å². The summed E-state index contributed by atoms with van der Waals surface area (Å²) in [4.78, 5) is 17.8. The van der Waals surface area contributed by atoms with E-state index in [1.807, 2.05) is 18.2 Å². The van der Waals surface area contributed by atoms with E-state index in [1.54, 1.807) is 24.3 Å². The SMILES string of the molecule is O=c1ccc(-c2noc(/C=C/c3ccccc3Cl)n2)c[nH]1. The van der Waals surface area contributed by atoms with Gasteiger partial charge >= 0.3 is 0 Å². The molecule has 0 radical (unpaired) electrons. The molecule has 0 aliphatic rings. The Bertz CT molecular complexity index is 831. The Labute approximate surface area is 124 Å². The van der Waals surface area contributed by atoms with Crippen molar-refractivity contribution in [3.8, 4) is 11.4 Å². The maximum Gasteiger partial charge on any atom is 0.250 e. The van der Waals surface area contributed by atoms with Gasteiger partial charge in [-0.3, -0.25) is 4.79 Å². The summed E-state index contributed by atoms with van der Waals surface area (Å²) < 4.78 is 5.13. The third-order valence-electron chi connectivity index (χ3n) is 2.79. The molecule has 0 aliphatic carbocycles. The van der Waals surface area contributed by atoms with Gasteiger partial charge in [-0.05, 0) is 23.8 Å². The van der Waals surface area contributed by atoms with Crippen LogP contribution in [0.2, 0.25) is 5.02 Å². The summed E-state index contributed by atoms with van der Waals surface area (Å²) in [5, 5.41) is 4.51. The fourth-order valence-electron chi connectivity index (χ4n) is 1.74. The molecule has 0 saturated carbocycles. The van der Waals surface area contributed by atoms with Crippen LogP contribution in [0.15, 0.2) is 51.9 Å². The minimum Gasteiger partial charge on any atom is -0.334 e. The quantitative estimate of drug-likeness (QED) is 0.806.